The van der Waals surface area contributed by atoms with Gasteiger partial charge >= 0.3 is 6.03 Å². The minimum Gasteiger partial charge on any atom is -0.508 e. The van der Waals surface area contributed by atoms with Crippen LogP contribution in [-0.2, 0) is 0 Å². The first kappa shape index (κ1) is 11.7. The first-order valence-corrected chi connectivity index (χ1v) is 5.73. The summed E-state index contributed by atoms with van der Waals surface area (Å²) in [6, 6.07) is 5.02. The number of amides is 2. The number of nitrogens with one attached hydrogen (secondary N) is 2. The first-order chi connectivity index (χ1) is 8.16. The third-order valence-electron chi connectivity index (χ3n) is 2.86. The number of hydrogen-bond donors (Lipinski definition) is 3. The van der Waals surface area contributed by atoms with E-state index in [-0.39, 0.29) is 11.8 Å². The standard InChI is InChI=1S/C12H17N3O2/c1-9-2-3-10(8-11(9)16)14-12(17)15-6-4-13-5-7-15/h2-3,8,13,16H,4-7H2,1H3,(H,14,17). The third-order valence-corrected chi connectivity index (χ3v) is 2.86. The van der Waals surface area contributed by atoms with Crippen LogP contribution < -0.4 is 10.6 Å². The van der Waals surface area contributed by atoms with Crippen LogP contribution in [0.1, 0.15) is 5.56 Å². The molecule has 17 heavy (non-hydrogen) atoms. The van der Waals surface area contributed by atoms with Crippen LogP contribution in [0.5, 0.6) is 5.75 Å². The number of rotatable bonds is 1. The molecular formula is C12H17N3O2. The van der Waals surface area contributed by atoms with Gasteiger partial charge in [-0.05, 0) is 18.6 Å². The Morgan fingerprint density at radius 2 is 2.12 bits per heavy atom. The number of piperazine rings is 1. The van der Waals surface area contributed by atoms with Crippen LogP contribution in [0.25, 0.3) is 0 Å². The van der Waals surface area contributed by atoms with Gasteiger partial charge < -0.3 is 20.6 Å². The number of carbonyl (C=O) groups excluding carboxylic acids is 1. The number of aryl methyl sites for hydroxylation is 1. The van der Waals surface area contributed by atoms with E-state index in [1.54, 1.807) is 23.1 Å². The molecule has 1 heterocycles. The van der Waals surface area contributed by atoms with Gasteiger partial charge in [-0.25, -0.2) is 4.79 Å². The molecule has 0 aliphatic carbocycles. The summed E-state index contributed by atoms with van der Waals surface area (Å²) in [7, 11) is 0. The van der Waals surface area contributed by atoms with Crippen molar-refractivity contribution in [2.45, 2.75) is 6.92 Å². The summed E-state index contributed by atoms with van der Waals surface area (Å²) in [5.74, 6) is 0.197. The molecule has 0 unspecified atom stereocenters. The lowest BCUT2D eigenvalue weighted by Crippen LogP contribution is -2.48. The molecule has 92 valence electrons. The molecule has 1 fully saturated rings. The Hall–Kier alpha value is -1.75. The van der Waals surface area contributed by atoms with E-state index in [2.05, 4.69) is 10.6 Å². The van der Waals surface area contributed by atoms with Crippen LogP contribution in [-0.4, -0.2) is 42.2 Å². The molecule has 2 amide bonds. The second-order valence-electron chi connectivity index (χ2n) is 4.17. The number of carbonyl (C=O) groups is 1. The second kappa shape index (κ2) is 5.05. The number of aromatic hydroxyl groups is 1. The molecule has 1 aliphatic heterocycles. The van der Waals surface area contributed by atoms with Crippen molar-refractivity contribution in [3.63, 3.8) is 0 Å². The van der Waals surface area contributed by atoms with Crippen molar-refractivity contribution in [1.82, 2.24) is 10.2 Å². The zero-order chi connectivity index (χ0) is 12.3. The minimum atomic E-state index is -0.116. The van der Waals surface area contributed by atoms with Crippen molar-refractivity contribution in [2.75, 3.05) is 31.5 Å². The van der Waals surface area contributed by atoms with Crippen molar-refractivity contribution < 1.29 is 9.90 Å². The van der Waals surface area contributed by atoms with Gasteiger partial charge in [0.05, 0.1) is 0 Å². The van der Waals surface area contributed by atoms with E-state index in [1.165, 1.54) is 0 Å². The summed E-state index contributed by atoms with van der Waals surface area (Å²) in [5.41, 5.74) is 1.42. The van der Waals surface area contributed by atoms with Crippen LogP contribution in [0.4, 0.5) is 10.5 Å². The number of nitrogens with zero attached hydrogens (tertiary/aromatic N) is 1. The van der Waals surface area contributed by atoms with E-state index in [0.717, 1.165) is 18.7 Å². The second-order valence-corrected chi connectivity index (χ2v) is 4.17. The molecule has 0 saturated carbocycles. The average Bonchev–Trinajstić information content (AvgIpc) is 2.35. The summed E-state index contributed by atoms with van der Waals surface area (Å²) in [6.07, 6.45) is 0. The van der Waals surface area contributed by atoms with Gasteiger partial charge in [0.2, 0.25) is 0 Å². The molecule has 2 rings (SSSR count). The molecule has 1 aliphatic rings. The fraction of sp³-hybridized carbons (Fsp3) is 0.417. The smallest absolute Gasteiger partial charge is 0.321 e. The molecule has 0 radical (unpaired) electrons. The van der Waals surface area contributed by atoms with Crippen molar-refractivity contribution in [1.29, 1.82) is 0 Å². The molecular weight excluding hydrogens is 218 g/mol. The van der Waals surface area contributed by atoms with E-state index >= 15 is 0 Å². The molecule has 0 spiro atoms. The SMILES string of the molecule is Cc1ccc(NC(=O)N2CCNCC2)cc1O. The number of anilines is 1. The zero-order valence-electron chi connectivity index (χ0n) is 9.86. The lowest BCUT2D eigenvalue weighted by molar-refractivity contribution is 0.204. The maximum atomic E-state index is 11.9. The maximum absolute atomic E-state index is 11.9. The molecule has 5 heteroatoms. The van der Waals surface area contributed by atoms with Gasteiger partial charge in [0.25, 0.3) is 0 Å². The number of phenols is 1. The van der Waals surface area contributed by atoms with Gasteiger partial charge in [0.1, 0.15) is 5.75 Å². The Bertz CT molecular complexity index is 414. The summed E-state index contributed by atoms with van der Waals surface area (Å²) in [4.78, 5) is 13.6. The first-order valence-electron chi connectivity index (χ1n) is 5.73. The molecule has 0 aromatic heterocycles. The van der Waals surface area contributed by atoms with Crippen molar-refractivity contribution in [2.24, 2.45) is 0 Å². The van der Waals surface area contributed by atoms with E-state index < -0.39 is 0 Å². The van der Waals surface area contributed by atoms with Gasteiger partial charge in [-0.1, -0.05) is 6.07 Å². The zero-order valence-corrected chi connectivity index (χ0v) is 9.86. The quantitative estimate of drug-likeness (QED) is 0.684. The largest absolute Gasteiger partial charge is 0.508 e. The monoisotopic (exact) mass is 235 g/mol. The normalized spacial score (nSPS) is 15.7. The summed E-state index contributed by atoms with van der Waals surface area (Å²) in [5, 5.41) is 15.5. The predicted molar refractivity (Wildman–Crippen MR) is 66.3 cm³/mol. The lowest BCUT2D eigenvalue weighted by Gasteiger charge is -2.27. The highest BCUT2D eigenvalue weighted by molar-refractivity contribution is 5.89. The summed E-state index contributed by atoms with van der Waals surface area (Å²) < 4.78 is 0. The number of phenolic OH excluding ortho intramolecular Hbond substituents is 1. The van der Waals surface area contributed by atoms with Crippen LogP contribution in [0.15, 0.2) is 18.2 Å². The molecule has 3 N–H and O–H groups in total. The summed E-state index contributed by atoms with van der Waals surface area (Å²) >= 11 is 0. The highest BCUT2D eigenvalue weighted by Gasteiger charge is 2.16. The predicted octanol–water partition coefficient (Wildman–Crippen LogP) is 1.14. The van der Waals surface area contributed by atoms with Gasteiger partial charge in [0, 0.05) is 37.9 Å². The molecule has 1 saturated heterocycles. The Balaban J connectivity index is 1.99. The third kappa shape index (κ3) is 2.88. The van der Waals surface area contributed by atoms with Crippen molar-refractivity contribution in [3.05, 3.63) is 23.8 Å². The fourth-order valence-electron chi connectivity index (χ4n) is 1.76. The molecule has 0 bridgehead atoms. The molecule has 1 aromatic carbocycles. The topological polar surface area (TPSA) is 64.6 Å². The number of hydrogen-bond acceptors (Lipinski definition) is 3. The molecule has 0 atom stereocenters. The molecule has 1 aromatic rings. The van der Waals surface area contributed by atoms with E-state index in [0.29, 0.717) is 18.8 Å². The van der Waals surface area contributed by atoms with Crippen molar-refractivity contribution in [3.8, 4) is 5.75 Å². The Kier molecular flexibility index (Phi) is 3.49. The maximum Gasteiger partial charge on any atom is 0.321 e. The van der Waals surface area contributed by atoms with Crippen LogP contribution >= 0.6 is 0 Å². The number of urea groups is 1. The Labute approximate surface area is 100 Å². The van der Waals surface area contributed by atoms with Crippen molar-refractivity contribution >= 4 is 11.7 Å². The Morgan fingerprint density at radius 3 is 2.76 bits per heavy atom. The van der Waals surface area contributed by atoms with Crippen LogP contribution in [0.3, 0.4) is 0 Å². The van der Waals surface area contributed by atoms with Crippen LogP contribution in [0.2, 0.25) is 0 Å². The highest BCUT2D eigenvalue weighted by atomic mass is 16.3. The van der Waals surface area contributed by atoms with Gasteiger partial charge in [-0.15, -0.1) is 0 Å². The van der Waals surface area contributed by atoms with Crippen LogP contribution in [0, 0.1) is 6.92 Å². The summed E-state index contributed by atoms with van der Waals surface area (Å²) in [6.45, 7) is 4.89. The van der Waals surface area contributed by atoms with Gasteiger partial charge in [-0.3, -0.25) is 0 Å². The van der Waals surface area contributed by atoms with E-state index in [9.17, 15) is 9.90 Å². The van der Waals surface area contributed by atoms with E-state index in [4.69, 9.17) is 0 Å². The van der Waals surface area contributed by atoms with E-state index in [1.807, 2.05) is 6.92 Å². The average molecular weight is 235 g/mol. The number of benzene rings is 1. The van der Waals surface area contributed by atoms with Gasteiger partial charge in [0.15, 0.2) is 0 Å². The highest BCUT2D eigenvalue weighted by Crippen LogP contribution is 2.21. The van der Waals surface area contributed by atoms with Gasteiger partial charge in [-0.2, -0.15) is 0 Å². The fourth-order valence-corrected chi connectivity index (χ4v) is 1.76. The minimum absolute atomic E-state index is 0.116. The Morgan fingerprint density at radius 1 is 1.41 bits per heavy atom. The lowest BCUT2D eigenvalue weighted by atomic mass is 10.2. The molecule has 5 nitrogen and oxygen atoms in total.